The molecule has 0 atom stereocenters. The quantitative estimate of drug-likeness (QED) is 0.751. The number of anilines is 1. The summed E-state index contributed by atoms with van der Waals surface area (Å²) in [6, 6.07) is 10.3. The molecule has 0 bridgehead atoms. The molecule has 1 heterocycles. The Morgan fingerprint density at radius 2 is 1.92 bits per heavy atom. The molecule has 0 unspecified atom stereocenters. The van der Waals surface area contributed by atoms with E-state index in [1.807, 2.05) is 23.6 Å². The van der Waals surface area contributed by atoms with Crippen molar-refractivity contribution in [2.24, 2.45) is 5.73 Å². The Kier molecular flexibility index (Phi) is 11.6. The number of carbonyl (C=O) groups is 1. The van der Waals surface area contributed by atoms with Crippen molar-refractivity contribution in [1.29, 1.82) is 0 Å². The van der Waals surface area contributed by atoms with Gasteiger partial charge in [-0.1, -0.05) is 30.3 Å². The van der Waals surface area contributed by atoms with Crippen LogP contribution in [0, 0.1) is 0 Å². The second-order valence-electron chi connectivity index (χ2n) is 5.07. The normalized spacial score (nSPS) is 9.96. The lowest BCUT2D eigenvalue weighted by atomic mass is 10.1. The van der Waals surface area contributed by atoms with Crippen LogP contribution in [0.2, 0.25) is 0 Å². The van der Waals surface area contributed by atoms with Gasteiger partial charge in [-0.3, -0.25) is 14.6 Å². The highest BCUT2D eigenvalue weighted by Crippen LogP contribution is 2.15. The molecule has 0 saturated heterocycles. The fraction of sp³-hybridized carbons (Fsp3) is 0.375. The van der Waals surface area contributed by atoms with Gasteiger partial charge in [-0.25, -0.2) is 4.98 Å². The Labute approximate surface area is 159 Å². The zero-order chi connectivity index (χ0) is 15.8. The van der Waals surface area contributed by atoms with Crippen LogP contribution in [0.15, 0.2) is 41.9 Å². The molecular formula is C16H24Cl2N4OS. The van der Waals surface area contributed by atoms with Gasteiger partial charge in [-0.15, -0.1) is 36.2 Å². The third kappa shape index (κ3) is 7.15. The summed E-state index contributed by atoms with van der Waals surface area (Å²) >= 11 is 1.46. The first-order valence-corrected chi connectivity index (χ1v) is 8.21. The number of nitrogens with two attached hydrogens (primary N) is 1. The van der Waals surface area contributed by atoms with E-state index in [0.29, 0.717) is 19.6 Å². The molecule has 2 aromatic rings. The fourth-order valence-electron chi connectivity index (χ4n) is 2.17. The average molecular weight is 391 g/mol. The summed E-state index contributed by atoms with van der Waals surface area (Å²) in [7, 11) is 1.76. The van der Waals surface area contributed by atoms with Crippen LogP contribution in [0.3, 0.4) is 0 Å². The van der Waals surface area contributed by atoms with Crippen molar-refractivity contribution in [2.45, 2.75) is 6.42 Å². The number of benzene rings is 1. The highest BCUT2D eigenvalue weighted by Gasteiger charge is 2.16. The van der Waals surface area contributed by atoms with Crippen molar-refractivity contribution in [1.82, 2.24) is 9.88 Å². The molecule has 24 heavy (non-hydrogen) atoms. The number of hydrogen-bond donors (Lipinski definition) is 1. The second kappa shape index (κ2) is 12.2. The van der Waals surface area contributed by atoms with Gasteiger partial charge in [0, 0.05) is 38.3 Å². The summed E-state index contributed by atoms with van der Waals surface area (Å²) < 4.78 is 0. The van der Waals surface area contributed by atoms with E-state index in [1.165, 1.54) is 16.9 Å². The minimum Gasteiger partial charge on any atom is -0.329 e. The van der Waals surface area contributed by atoms with E-state index in [1.54, 1.807) is 18.1 Å². The van der Waals surface area contributed by atoms with E-state index in [-0.39, 0.29) is 30.7 Å². The zero-order valence-corrected chi connectivity index (χ0v) is 16.1. The topological polar surface area (TPSA) is 62.5 Å². The predicted molar refractivity (Wildman–Crippen MR) is 106 cm³/mol. The number of hydrogen-bond acceptors (Lipinski definition) is 5. The van der Waals surface area contributed by atoms with Crippen molar-refractivity contribution in [3.8, 4) is 0 Å². The van der Waals surface area contributed by atoms with Gasteiger partial charge in [0.2, 0.25) is 5.91 Å². The van der Waals surface area contributed by atoms with Crippen molar-refractivity contribution in [2.75, 3.05) is 38.1 Å². The van der Waals surface area contributed by atoms with Crippen molar-refractivity contribution < 1.29 is 4.79 Å². The van der Waals surface area contributed by atoms with E-state index in [2.05, 4.69) is 22.0 Å². The van der Waals surface area contributed by atoms with Gasteiger partial charge in [-0.2, -0.15) is 0 Å². The zero-order valence-electron chi connectivity index (χ0n) is 13.6. The lowest BCUT2D eigenvalue weighted by Gasteiger charge is -2.23. The number of amides is 1. The highest BCUT2D eigenvalue weighted by molar-refractivity contribution is 7.13. The van der Waals surface area contributed by atoms with Gasteiger partial charge in [0.05, 0.1) is 6.54 Å². The first-order chi connectivity index (χ1) is 10.7. The second-order valence-corrected chi connectivity index (χ2v) is 5.94. The number of likely N-dealkylation sites (N-methyl/N-ethyl adjacent to an activating group) is 1. The molecule has 5 nitrogen and oxygen atoms in total. The van der Waals surface area contributed by atoms with Crippen LogP contribution in [0.5, 0.6) is 0 Å². The molecule has 1 amide bonds. The summed E-state index contributed by atoms with van der Waals surface area (Å²) in [6.45, 7) is 2.44. The molecule has 0 aliphatic heterocycles. The van der Waals surface area contributed by atoms with Crippen LogP contribution in [0.4, 0.5) is 5.13 Å². The van der Waals surface area contributed by atoms with Crippen molar-refractivity contribution >= 4 is 47.2 Å². The molecule has 8 heteroatoms. The number of rotatable bonds is 8. The first-order valence-electron chi connectivity index (χ1n) is 7.33. The molecule has 134 valence electrons. The maximum Gasteiger partial charge on any atom is 0.242 e. The van der Waals surface area contributed by atoms with Gasteiger partial charge in [0.15, 0.2) is 5.13 Å². The number of aromatic nitrogens is 1. The van der Waals surface area contributed by atoms with Crippen LogP contribution in [0.25, 0.3) is 0 Å². The molecule has 1 aromatic carbocycles. The number of halogens is 2. The Balaban J connectivity index is 0.00000264. The molecule has 0 saturated carbocycles. The molecular weight excluding hydrogens is 367 g/mol. The van der Waals surface area contributed by atoms with E-state index in [4.69, 9.17) is 5.73 Å². The van der Waals surface area contributed by atoms with Gasteiger partial charge < -0.3 is 5.73 Å². The SMILES string of the molecule is CN(C(=O)CN(CCN)CCc1ccccc1)c1nccs1.Cl.Cl. The van der Waals surface area contributed by atoms with Crippen LogP contribution >= 0.6 is 36.2 Å². The molecule has 2 N–H and O–H groups in total. The lowest BCUT2D eigenvalue weighted by Crippen LogP contribution is -2.41. The standard InChI is InChI=1S/C16H22N4OS.2ClH/c1-19(16-18-9-12-22-16)15(21)13-20(11-8-17)10-7-14-5-3-2-4-6-14;;/h2-6,9,12H,7-8,10-11,13,17H2,1H3;2*1H. The third-order valence-electron chi connectivity index (χ3n) is 3.44. The van der Waals surface area contributed by atoms with Gasteiger partial charge in [-0.05, 0) is 12.0 Å². The summed E-state index contributed by atoms with van der Waals surface area (Å²) in [5.41, 5.74) is 6.94. The number of thiazole rings is 1. The Morgan fingerprint density at radius 3 is 2.50 bits per heavy atom. The van der Waals surface area contributed by atoms with E-state index >= 15 is 0 Å². The minimum atomic E-state index is 0. The molecule has 0 spiro atoms. The maximum absolute atomic E-state index is 12.3. The van der Waals surface area contributed by atoms with Gasteiger partial charge >= 0.3 is 0 Å². The van der Waals surface area contributed by atoms with Crippen molar-refractivity contribution in [3.63, 3.8) is 0 Å². The molecule has 0 aliphatic carbocycles. The Hall–Kier alpha value is -1.18. The van der Waals surface area contributed by atoms with Crippen LogP contribution in [0.1, 0.15) is 5.56 Å². The largest absolute Gasteiger partial charge is 0.329 e. The van der Waals surface area contributed by atoms with Gasteiger partial charge in [0.1, 0.15) is 0 Å². The van der Waals surface area contributed by atoms with Gasteiger partial charge in [0.25, 0.3) is 0 Å². The minimum absolute atomic E-state index is 0. The fourth-order valence-corrected chi connectivity index (χ4v) is 2.80. The van der Waals surface area contributed by atoms with Crippen molar-refractivity contribution in [3.05, 3.63) is 47.5 Å². The summed E-state index contributed by atoms with van der Waals surface area (Å²) in [5, 5.41) is 2.59. The van der Waals surface area contributed by atoms with E-state index < -0.39 is 0 Å². The van der Waals surface area contributed by atoms with Crippen LogP contribution < -0.4 is 10.6 Å². The molecule has 1 aromatic heterocycles. The maximum atomic E-state index is 12.3. The highest BCUT2D eigenvalue weighted by atomic mass is 35.5. The Morgan fingerprint density at radius 1 is 1.21 bits per heavy atom. The first kappa shape index (κ1) is 22.8. The number of carbonyl (C=O) groups excluding carboxylic acids is 1. The average Bonchev–Trinajstić information content (AvgIpc) is 3.07. The molecule has 0 fully saturated rings. The van der Waals surface area contributed by atoms with Crippen LogP contribution in [-0.2, 0) is 11.2 Å². The predicted octanol–water partition coefficient (Wildman–Crippen LogP) is 2.45. The number of nitrogens with zero attached hydrogens (tertiary/aromatic N) is 3. The van der Waals surface area contributed by atoms with E-state index in [9.17, 15) is 4.79 Å². The molecule has 0 radical (unpaired) electrons. The lowest BCUT2D eigenvalue weighted by molar-refractivity contribution is -0.119. The molecule has 2 rings (SSSR count). The molecule has 0 aliphatic rings. The summed E-state index contributed by atoms with van der Waals surface area (Å²) in [6.07, 6.45) is 2.62. The summed E-state index contributed by atoms with van der Waals surface area (Å²) in [4.78, 5) is 20.2. The summed E-state index contributed by atoms with van der Waals surface area (Å²) in [5.74, 6) is 0.0384. The van der Waals surface area contributed by atoms with Crippen LogP contribution in [-0.4, -0.2) is 49.0 Å². The Bertz CT molecular complexity index is 569. The third-order valence-corrected chi connectivity index (χ3v) is 4.29. The smallest absolute Gasteiger partial charge is 0.242 e. The monoisotopic (exact) mass is 390 g/mol. The van der Waals surface area contributed by atoms with E-state index in [0.717, 1.165) is 18.1 Å².